The van der Waals surface area contributed by atoms with Gasteiger partial charge in [-0.05, 0) is 32.7 Å². The fraction of sp³-hybridized carbons (Fsp3) is 0.692. The SMILES string of the molecule is CNC(C)C1CCN(c2nc[nH]c(=O)c2OC)CC1. The molecule has 0 bridgehead atoms. The van der Waals surface area contributed by atoms with E-state index >= 15 is 0 Å². The molecule has 1 aromatic heterocycles. The monoisotopic (exact) mass is 266 g/mol. The zero-order valence-electron chi connectivity index (χ0n) is 11.8. The number of anilines is 1. The van der Waals surface area contributed by atoms with Gasteiger partial charge in [-0.15, -0.1) is 0 Å². The molecule has 1 aliphatic rings. The number of ether oxygens (including phenoxy) is 1. The van der Waals surface area contributed by atoms with Crippen molar-refractivity contribution in [2.75, 3.05) is 32.1 Å². The normalized spacial score (nSPS) is 18.4. The molecular formula is C13H22N4O2. The van der Waals surface area contributed by atoms with Crippen molar-refractivity contribution >= 4 is 5.82 Å². The Labute approximate surface area is 113 Å². The van der Waals surface area contributed by atoms with Crippen LogP contribution in [0.4, 0.5) is 5.82 Å². The van der Waals surface area contributed by atoms with Gasteiger partial charge in [0.05, 0.1) is 13.4 Å². The molecule has 0 amide bonds. The Hall–Kier alpha value is -1.56. The van der Waals surface area contributed by atoms with E-state index in [1.807, 2.05) is 7.05 Å². The largest absolute Gasteiger partial charge is 0.489 e. The summed E-state index contributed by atoms with van der Waals surface area (Å²) in [5.74, 6) is 1.64. The van der Waals surface area contributed by atoms with E-state index in [1.54, 1.807) is 0 Å². The molecule has 2 N–H and O–H groups in total. The molecule has 6 nitrogen and oxygen atoms in total. The van der Waals surface area contributed by atoms with Crippen molar-refractivity contribution in [2.24, 2.45) is 5.92 Å². The molecule has 6 heteroatoms. The van der Waals surface area contributed by atoms with Crippen molar-refractivity contribution in [1.82, 2.24) is 15.3 Å². The van der Waals surface area contributed by atoms with E-state index in [4.69, 9.17) is 4.74 Å². The van der Waals surface area contributed by atoms with Crippen LogP contribution in [0.5, 0.6) is 5.75 Å². The van der Waals surface area contributed by atoms with Crippen LogP contribution in [0.15, 0.2) is 11.1 Å². The third-order valence-electron chi connectivity index (χ3n) is 4.00. The molecule has 1 aromatic rings. The maximum absolute atomic E-state index is 11.7. The second kappa shape index (κ2) is 6.06. The summed E-state index contributed by atoms with van der Waals surface area (Å²) in [6.45, 7) is 4.03. The van der Waals surface area contributed by atoms with Gasteiger partial charge in [-0.2, -0.15) is 0 Å². The van der Waals surface area contributed by atoms with Gasteiger partial charge in [-0.1, -0.05) is 0 Å². The van der Waals surface area contributed by atoms with Crippen molar-refractivity contribution in [3.8, 4) is 5.75 Å². The van der Waals surface area contributed by atoms with Gasteiger partial charge in [0.25, 0.3) is 5.56 Å². The molecular weight excluding hydrogens is 244 g/mol. The van der Waals surface area contributed by atoms with Crippen molar-refractivity contribution in [3.05, 3.63) is 16.7 Å². The zero-order valence-corrected chi connectivity index (χ0v) is 11.8. The summed E-state index contributed by atoms with van der Waals surface area (Å²) >= 11 is 0. The van der Waals surface area contributed by atoms with Crippen molar-refractivity contribution in [3.63, 3.8) is 0 Å². The Morgan fingerprint density at radius 1 is 1.53 bits per heavy atom. The van der Waals surface area contributed by atoms with Gasteiger partial charge < -0.3 is 19.9 Å². The first-order valence-electron chi connectivity index (χ1n) is 6.71. The minimum absolute atomic E-state index is 0.224. The summed E-state index contributed by atoms with van der Waals surface area (Å²) in [5.41, 5.74) is -0.224. The standard InChI is InChI=1S/C13H22N4O2/c1-9(14-2)10-4-6-17(7-5-10)12-11(19-3)13(18)16-8-15-12/h8-10,14H,4-7H2,1-3H3,(H,15,16,18). The molecule has 0 aromatic carbocycles. The van der Waals surface area contributed by atoms with Crippen LogP contribution in [0.2, 0.25) is 0 Å². The minimum Gasteiger partial charge on any atom is -0.489 e. The number of hydrogen-bond acceptors (Lipinski definition) is 5. The van der Waals surface area contributed by atoms with E-state index in [2.05, 4.69) is 27.1 Å². The predicted molar refractivity (Wildman–Crippen MR) is 74.9 cm³/mol. The number of methoxy groups -OCH3 is 1. The summed E-state index contributed by atoms with van der Waals surface area (Å²) in [4.78, 5) is 20.6. The lowest BCUT2D eigenvalue weighted by atomic mass is 9.90. The van der Waals surface area contributed by atoms with Crippen LogP contribution in [0, 0.1) is 5.92 Å². The van der Waals surface area contributed by atoms with E-state index < -0.39 is 0 Å². The Morgan fingerprint density at radius 2 is 2.21 bits per heavy atom. The quantitative estimate of drug-likeness (QED) is 0.835. The third-order valence-corrected chi connectivity index (χ3v) is 4.00. The van der Waals surface area contributed by atoms with E-state index in [-0.39, 0.29) is 5.56 Å². The highest BCUT2D eigenvalue weighted by Gasteiger charge is 2.25. The van der Waals surface area contributed by atoms with Crippen LogP contribution in [-0.2, 0) is 0 Å². The van der Waals surface area contributed by atoms with Crippen LogP contribution in [-0.4, -0.2) is 43.3 Å². The number of nitrogens with one attached hydrogen (secondary N) is 2. The van der Waals surface area contributed by atoms with Crippen LogP contribution >= 0.6 is 0 Å². The molecule has 2 rings (SSSR count). The van der Waals surface area contributed by atoms with Crippen molar-refractivity contribution in [1.29, 1.82) is 0 Å². The summed E-state index contributed by atoms with van der Waals surface area (Å²) in [5, 5.41) is 3.31. The van der Waals surface area contributed by atoms with E-state index in [0.29, 0.717) is 23.5 Å². The smallest absolute Gasteiger partial charge is 0.295 e. The lowest BCUT2D eigenvalue weighted by Gasteiger charge is -2.35. The van der Waals surface area contributed by atoms with Crippen LogP contribution < -0.4 is 20.5 Å². The molecule has 0 radical (unpaired) electrons. The molecule has 19 heavy (non-hydrogen) atoms. The van der Waals surface area contributed by atoms with Crippen LogP contribution in [0.3, 0.4) is 0 Å². The van der Waals surface area contributed by atoms with Crippen LogP contribution in [0.25, 0.3) is 0 Å². The van der Waals surface area contributed by atoms with Gasteiger partial charge in [-0.3, -0.25) is 4.79 Å². The predicted octanol–water partition coefficient (Wildman–Crippen LogP) is 0.603. The number of piperidine rings is 1. The Balaban J connectivity index is 2.10. The number of H-pyrrole nitrogens is 1. The van der Waals surface area contributed by atoms with Crippen LogP contribution in [0.1, 0.15) is 19.8 Å². The summed E-state index contributed by atoms with van der Waals surface area (Å²) in [6, 6.07) is 0.524. The van der Waals surface area contributed by atoms with E-state index in [1.165, 1.54) is 13.4 Å². The first-order chi connectivity index (χ1) is 9.17. The number of nitrogens with zero attached hydrogens (tertiary/aromatic N) is 2. The number of aromatic amines is 1. The highest BCUT2D eigenvalue weighted by molar-refractivity contribution is 5.50. The highest BCUT2D eigenvalue weighted by Crippen LogP contribution is 2.27. The molecule has 106 valence electrons. The topological polar surface area (TPSA) is 70.2 Å². The fourth-order valence-corrected chi connectivity index (χ4v) is 2.63. The molecule has 0 spiro atoms. The number of hydrogen-bond donors (Lipinski definition) is 2. The molecule has 1 atom stereocenters. The molecule has 2 heterocycles. The van der Waals surface area contributed by atoms with Gasteiger partial charge >= 0.3 is 0 Å². The first-order valence-corrected chi connectivity index (χ1v) is 6.71. The number of rotatable bonds is 4. The van der Waals surface area contributed by atoms with Crippen molar-refractivity contribution in [2.45, 2.75) is 25.8 Å². The van der Waals surface area contributed by atoms with Gasteiger partial charge in [0.15, 0.2) is 5.82 Å². The molecule has 1 saturated heterocycles. The van der Waals surface area contributed by atoms with Crippen molar-refractivity contribution < 1.29 is 4.74 Å². The maximum atomic E-state index is 11.7. The van der Waals surface area contributed by atoms with E-state index in [0.717, 1.165) is 25.9 Å². The fourth-order valence-electron chi connectivity index (χ4n) is 2.63. The molecule has 1 unspecified atom stereocenters. The Kier molecular flexibility index (Phi) is 4.42. The maximum Gasteiger partial charge on any atom is 0.295 e. The summed E-state index contributed by atoms with van der Waals surface area (Å²) < 4.78 is 5.16. The number of aromatic nitrogens is 2. The molecule has 0 saturated carbocycles. The first kappa shape index (κ1) is 13.9. The molecule has 0 aliphatic carbocycles. The summed E-state index contributed by atoms with van der Waals surface area (Å²) in [6.07, 6.45) is 3.63. The average Bonchev–Trinajstić information content (AvgIpc) is 2.46. The molecule has 1 fully saturated rings. The van der Waals surface area contributed by atoms with Gasteiger partial charge in [-0.25, -0.2) is 4.98 Å². The van der Waals surface area contributed by atoms with Gasteiger partial charge in [0.2, 0.25) is 5.75 Å². The average molecular weight is 266 g/mol. The zero-order chi connectivity index (χ0) is 13.8. The minimum atomic E-state index is -0.224. The Morgan fingerprint density at radius 3 is 2.79 bits per heavy atom. The Bertz CT molecular complexity index is 466. The second-order valence-electron chi connectivity index (χ2n) is 4.99. The van der Waals surface area contributed by atoms with Gasteiger partial charge in [0, 0.05) is 19.1 Å². The lowest BCUT2D eigenvalue weighted by Crippen LogP contribution is -2.41. The lowest BCUT2D eigenvalue weighted by molar-refractivity contribution is 0.320. The summed E-state index contributed by atoms with van der Waals surface area (Å²) in [7, 11) is 3.50. The van der Waals surface area contributed by atoms with Gasteiger partial charge in [0.1, 0.15) is 0 Å². The highest BCUT2D eigenvalue weighted by atomic mass is 16.5. The third kappa shape index (κ3) is 2.89. The van der Waals surface area contributed by atoms with E-state index in [9.17, 15) is 4.79 Å². The molecule has 1 aliphatic heterocycles. The second-order valence-corrected chi connectivity index (χ2v) is 4.99.